The lowest BCUT2D eigenvalue weighted by molar-refractivity contribution is -0.138. The number of hydrogen-bond donors (Lipinski definition) is 1. The molecule has 0 aliphatic heterocycles. The van der Waals surface area contributed by atoms with Crippen molar-refractivity contribution in [3.8, 4) is 0 Å². The van der Waals surface area contributed by atoms with E-state index in [9.17, 15) is 9.59 Å². The molecule has 0 aromatic heterocycles. The average Bonchev–Trinajstić information content (AvgIpc) is 3.24. The third-order valence-corrected chi connectivity index (χ3v) is 4.45. The topological polar surface area (TPSA) is 49.4 Å². The molecule has 2 aliphatic rings. The van der Waals surface area contributed by atoms with E-state index in [1.165, 1.54) is 0 Å². The Morgan fingerprint density at radius 3 is 1.95 bits per heavy atom. The fraction of sp³-hybridized carbons (Fsp3) is 0.867. The minimum absolute atomic E-state index is 0.140. The van der Waals surface area contributed by atoms with E-state index in [2.05, 4.69) is 5.32 Å². The van der Waals surface area contributed by atoms with Crippen LogP contribution in [0, 0.1) is 11.8 Å². The third-order valence-electron chi connectivity index (χ3n) is 4.45. The van der Waals surface area contributed by atoms with E-state index in [4.69, 9.17) is 0 Å². The van der Waals surface area contributed by atoms with Crippen LogP contribution >= 0.6 is 0 Å². The smallest absolute Gasteiger partial charge is 0.225 e. The molecule has 19 heavy (non-hydrogen) atoms. The summed E-state index contributed by atoms with van der Waals surface area (Å²) in [6.07, 6.45) is 5.77. The summed E-state index contributed by atoms with van der Waals surface area (Å²) in [7, 11) is 0. The molecule has 0 unspecified atom stereocenters. The fourth-order valence-electron chi connectivity index (χ4n) is 2.94. The zero-order valence-electron chi connectivity index (χ0n) is 12.2. The van der Waals surface area contributed by atoms with Gasteiger partial charge >= 0.3 is 0 Å². The van der Waals surface area contributed by atoms with Crippen molar-refractivity contribution in [3.05, 3.63) is 0 Å². The van der Waals surface area contributed by atoms with Crippen molar-refractivity contribution in [2.45, 2.75) is 58.4 Å². The van der Waals surface area contributed by atoms with E-state index in [-0.39, 0.29) is 23.7 Å². The summed E-state index contributed by atoms with van der Waals surface area (Å²) in [6.45, 7) is 5.63. The van der Waals surface area contributed by atoms with Crippen molar-refractivity contribution in [1.29, 1.82) is 0 Å². The Morgan fingerprint density at radius 2 is 1.47 bits per heavy atom. The number of carbonyl (C=O) groups excluding carboxylic acids is 2. The molecule has 0 bridgehead atoms. The van der Waals surface area contributed by atoms with Gasteiger partial charge in [-0.1, -0.05) is 0 Å². The maximum Gasteiger partial charge on any atom is 0.225 e. The lowest BCUT2D eigenvalue weighted by atomic mass is 9.81. The molecular weight excluding hydrogens is 240 g/mol. The molecule has 108 valence electrons. The summed E-state index contributed by atoms with van der Waals surface area (Å²) in [6, 6.07) is 0.447. The molecule has 0 aromatic rings. The minimum atomic E-state index is 0.140. The molecule has 2 fully saturated rings. The summed E-state index contributed by atoms with van der Waals surface area (Å²) in [5.74, 6) is 0.786. The predicted molar refractivity (Wildman–Crippen MR) is 74.5 cm³/mol. The number of amides is 2. The summed E-state index contributed by atoms with van der Waals surface area (Å²) < 4.78 is 0. The first-order valence-corrected chi connectivity index (χ1v) is 7.74. The summed E-state index contributed by atoms with van der Waals surface area (Å²) in [5, 5.41) is 3.08. The Kier molecular flexibility index (Phi) is 4.83. The highest BCUT2D eigenvalue weighted by Gasteiger charge is 2.33. The Hall–Kier alpha value is -1.06. The lowest BCUT2D eigenvalue weighted by Crippen LogP contribution is -2.40. The van der Waals surface area contributed by atoms with Gasteiger partial charge in [-0.05, 0) is 52.4 Å². The van der Waals surface area contributed by atoms with E-state index in [1.807, 2.05) is 18.7 Å². The van der Waals surface area contributed by atoms with E-state index >= 15 is 0 Å². The second-order valence-corrected chi connectivity index (χ2v) is 5.84. The van der Waals surface area contributed by atoms with Gasteiger partial charge in [-0.25, -0.2) is 0 Å². The molecule has 2 rings (SSSR count). The van der Waals surface area contributed by atoms with Gasteiger partial charge in [0.1, 0.15) is 0 Å². The van der Waals surface area contributed by atoms with Crippen LogP contribution < -0.4 is 5.32 Å². The highest BCUT2D eigenvalue weighted by atomic mass is 16.2. The molecule has 0 heterocycles. The van der Waals surface area contributed by atoms with Crippen LogP contribution in [0.15, 0.2) is 0 Å². The predicted octanol–water partition coefficient (Wildman–Crippen LogP) is 1.94. The molecule has 0 aromatic carbocycles. The largest absolute Gasteiger partial charge is 0.353 e. The highest BCUT2D eigenvalue weighted by molar-refractivity contribution is 5.81. The third kappa shape index (κ3) is 3.71. The van der Waals surface area contributed by atoms with E-state index in [0.717, 1.165) is 51.6 Å². The number of rotatable bonds is 5. The van der Waals surface area contributed by atoms with Crippen molar-refractivity contribution in [1.82, 2.24) is 10.2 Å². The van der Waals surface area contributed by atoms with E-state index < -0.39 is 0 Å². The first-order chi connectivity index (χ1) is 9.15. The highest BCUT2D eigenvalue weighted by Crippen LogP contribution is 2.31. The van der Waals surface area contributed by atoms with Gasteiger partial charge in [0.05, 0.1) is 0 Å². The van der Waals surface area contributed by atoms with Crippen molar-refractivity contribution < 1.29 is 9.59 Å². The van der Waals surface area contributed by atoms with Crippen LogP contribution in [0.5, 0.6) is 0 Å². The molecule has 0 saturated heterocycles. The van der Waals surface area contributed by atoms with Crippen molar-refractivity contribution in [2.75, 3.05) is 13.1 Å². The van der Waals surface area contributed by atoms with Crippen LogP contribution in [-0.2, 0) is 9.59 Å². The molecular formula is C15H26N2O2. The van der Waals surface area contributed by atoms with Crippen LogP contribution in [0.1, 0.15) is 52.4 Å². The minimum Gasteiger partial charge on any atom is -0.353 e. The Labute approximate surface area is 115 Å². The summed E-state index contributed by atoms with van der Waals surface area (Å²) in [4.78, 5) is 26.1. The monoisotopic (exact) mass is 266 g/mol. The number of nitrogens with one attached hydrogen (secondary N) is 1. The second kappa shape index (κ2) is 6.40. The number of nitrogens with zero attached hydrogens (tertiary/aromatic N) is 1. The molecule has 2 amide bonds. The first kappa shape index (κ1) is 14.4. The lowest BCUT2D eigenvalue weighted by Gasteiger charge is -2.30. The Morgan fingerprint density at radius 1 is 0.947 bits per heavy atom. The molecule has 0 atom stereocenters. The van der Waals surface area contributed by atoms with Gasteiger partial charge in [-0.15, -0.1) is 0 Å². The molecule has 1 N–H and O–H groups in total. The average molecular weight is 266 g/mol. The van der Waals surface area contributed by atoms with Crippen molar-refractivity contribution >= 4 is 11.8 Å². The van der Waals surface area contributed by atoms with Crippen LogP contribution in [0.25, 0.3) is 0 Å². The fourth-order valence-corrected chi connectivity index (χ4v) is 2.94. The van der Waals surface area contributed by atoms with Crippen molar-refractivity contribution in [2.24, 2.45) is 11.8 Å². The molecule has 2 aliphatic carbocycles. The van der Waals surface area contributed by atoms with E-state index in [1.54, 1.807) is 0 Å². The zero-order chi connectivity index (χ0) is 13.8. The molecule has 4 nitrogen and oxygen atoms in total. The van der Waals surface area contributed by atoms with Crippen LogP contribution in [-0.4, -0.2) is 35.8 Å². The number of hydrogen-bond acceptors (Lipinski definition) is 2. The van der Waals surface area contributed by atoms with E-state index in [0.29, 0.717) is 6.04 Å². The second-order valence-electron chi connectivity index (χ2n) is 5.84. The Bertz CT molecular complexity index is 327. The summed E-state index contributed by atoms with van der Waals surface area (Å²) in [5.41, 5.74) is 0. The quantitative estimate of drug-likeness (QED) is 0.826. The van der Waals surface area contributed by atoms with Gasteiger partial charge < -0.3 is 10.2 Å². The van der Waals surface area contributed by atoms with Gasteiger partial charge in [-0.3, -0.25) is 9.59 Å². The normalized spacial score (nSPS) is 26.8. The van der Waals surface area contributed by atoms with Crippen molar-refractivity contribution in [3.63, 3.8) is 0 Å². The standard InChI is InChI=1S/C15H26N2O2/c1-3-17(4-2)15(19)12-7-5-11(6-8-12)14(18)16-13-9-10-13/h11-13H,3-10H2,1-2H3,(H,16,18). The van der Waals surface area contributed by atoms with Crippen LogP contribution in [0.2, 0.25) is 0 Å². The number of carbonyl (C=O) groups is 2. The van der Waals surface area contributed by atoms with Crippen LogP contribution in [0.4, 0.5) is 0 Å². The van der Waals surface area contributed by atoms with Gasteiger partial charge in [-0.2, -0.15) is 0 Å². The molecule has 0 radical (unpaired) electrons. The SMILES string of the molecule is CCN(CC)C(=O)C1CCC(C(=O)NC2CC2)CC1. The molecule has 4 heteroatoms. The zero-order valence-corrected chi connectivity index (χ0v) is 12.2. The van der Waals surface area contributed by atoms with Gasteiger partial charge in [0.25, 0.3) is 0 Å². The van der Waals surface area contributed by atoms with Gasteiger partial charge in [0.2, 0.25) is 11.8 Å². The first-order valence-electron chi connectivity index (χ1n) is 7.74. The van der Waals surface area contributed by atoms with Gasteiger partial charge in [0, 0.05) is 31.0 Å². The maximum absolute atomic E-state index is 12.3. The van der Waals surface area contributed by atoms with Gasteiger partial charge in [0.15, 0.2) is 0 Å². The summed E-state index contributed by atoms with van der Waals surface area (Å²) >= 11 is 0. The molecule has 0 spiro atoms. The Balaban J connectivity index is 1.77. The molecule has 2 saturated carbocycles. The maximum atomic E-state index is 12.3. The van der Waals surface area contributed by atoms with Crippen LogP contribution in [0.3, 0.4) is 0 Å².